The Morgan fingerprint density at radius 3 is 2.46 bits per heavy atom. The number of methoxy groups -OCH3 is 1. The van der Waals surface area contributed by atoms with E-state index in [0.29, 0.717) is 12.4 Å². The zero-order valence-electron chi connectivity index (χ0n) is 16.0. The first-order valence-corrected chi connectivity index (χ1v) is 8.76. The number of ether oxygens (including phenoxy) is 2. The Morgan fingerprint density at radius 1 is 1.27 bits per heavy atom. The van der Waals surface area contributed by atoms with Gasteiger partial charge in [0.05, 0.1) is 25.5 Å². The molecular formula is C18H26N4O4. The van der Waals surface area contributed by atoms with Crippen LogP contribution >= 0.6 is 0 Å². The van der Waals surface area contributed by atoms with Crippen molar-refractivity contribution in [1.82, 2.24) is 14.9 Å². The van der Waals surface area contributed by atoms with E-state index in [1.165, 1.54) is 13.3 Å². The van der Waals surface area contributed by atoms with Crippen LogP contribution in [0.15, 0.2) is 12.4 Å². The summed E-state index contributed by atoms with van der Waals surface area (Å²) in [6.07, 6.45) is 4.86. The highest BCUT2D eigenvalue weighted by atomic mass is 16.6. The lowest BCUT2D eigenvalue weighted by Crippen LogP contribution is -2.45. The van der Waals surface area contributed by atoms with Crippen molar-refractivity contribution in [3.8, 4) is 0 Å². The van der Waals surface area contributed by atoms with Gasteiger partial charge in [0, 0.05) is 25.6 Å². The van der Waals surface area contributed by atoms with Gasteiger partial charge in [-0.25, -0.2) is 19.6 Å². The third-order valence-corrected chi connectivity index (χ3v) is 5.00. The molecule has 1 aromatic rings. The zero-order valence-corrected chi connectivity index (χ0v) is 16.0. The maximum atomic E-state index is 12.5. The molecule has 8 heteroatoms. The summed E-state index contributed by atoms with van der Waals surface area (Å²) in [4.78, 5) is 36.3. The SMILES string of the molecule is COC(=O)c1cnc(N2C[C@@H](N(C)C(=O)OC(C)(C)C)C3(CC3)C2)cn1. The maximum Gasteiger partial charge on any atom is 0.410 e. The van der Waals surface area contributed by atoms with Crippen molar-refractivity contribution in [3.05, 3.63) is 18.1 Å². The van der Waals surface area contributed by atoms with E-state index in [1.807, 2.05) is 20.8 Å². The molecule has 2 aliphatic rings. The number of carbonyl (C=O) groups is 2. The quantitative estimate of drug-likeness (QED) is 0.761. The number of carbonyl (C=O) groups excluding carboxylic acids is 2. The fraction of sp³-hybridized carbons (Fsp3) is 0.667. The van der Waals surface area contributed by atoms with E-state index in [4.69, 9.17) is 4.74 Å². The molecule has 1 saturated carbocycles. The molecule has 0 N–H and O–H groups in total. The molecule has 1 saturated heterocycles. The molecule has 0 bridgehead atoms. The van der Waals surface area contributed by atoms with Gasteiger partial charge in [-0.3, -0.25) is 0 Å². The molecule has 3 rings (SSSR count). The third-order valence-electron chi connectivity index (χ3n) is 5.00. The molecule has 1 aliphatic heterocycles. The Kier molecular flexibility index (Phi) is 4.54. The lowest BCUT2D eigenvalue weighted by Gasteiger charge is -2.31. The summed E-state index contributed by atoms with van der Waals surface area (Å²) in [5.41, 5.74) is -0.247. The van der Waals surface area contributed by atoms with Crippen molar-refractivity contribution in [1.29, 1.82) is 0 Å². The van der Waals surface area contributed by atoms with Gasteiger partial charge in [-0.05, 0) is 33.6 Å². The van der Waals surface area contributed by atoms with Crippen molar-refractivity contribution in [3.63, 3.8) is 0 Å². The van der Waals surface area contributed by atoms with Crippen LogP contribution in [0.4, 0.5) is 10.6 Å². The summed E-state index contributed by atoms with van der Waals surface area (Å²) in [5, 5.41) is 0. The first-order chi connectivity index (χ1) is 12.1. The predicted octanol–water partition coefficient (Wildman–Crippen LogP) is 2.10. The van der Waals surface area contributed by atoms with Crippen LogP contribution in [0, 0.1) is 5.41 Å². The predicted molar refractivity (Wildman–Crippen MR) is 95.0 cm³/mol. The molecule has 142 valence electrons. The Bertz CT molecular complexity index is 694. The monoisotopic (exact) mass is 362 g/mol. The van der Waals surface area contributed by atoms with E-state index in [9.17, 15) is 9.59 Å². The minimum atomic E-state index is -0.518. The molecule has 1 aromatic heterocycles. The van der Waals surface area contributed by atoms with E-state index in [2.05, 4.69) is 19.6 Å². The number of hydrogen-bond donors (Lipinski definition) is 0. The normalized spacial score (nSPS) is 20.8. The molecule has 2 heterocycles. The van der Waals surface area contributed by atoms with Gasteiger partial charge in [-0.1, -0.05) is 0 Å². The molecule has 1 amide bonds. The van der Waals surface area contributed by atoms with Gasteiger partial charge in [0.25, 0.3) is 0 Å². The molecule has 0 unspecified atom stereocenters. The second kappa shape index (κ2) is 6.41. The molecule has 8 nitrogen and oxygen atoms in total. The van der Waals surface area contributed by atoms with Gasteiger partial charge in [-0.15, -0.1) is 0 Å². The smallest absolute Gasteiger partial charge is 0.410 e. The second-order valence-electron chi connectivity index (χ2n) is 8.10. The first kappa shape index (κ1) is 18.4. The molecule has 2 fully saturated rings. The van der Waals surface area contributed by atoms with Crippen LogP contribution in [0.3, 0.4) is 0 Å². The van der Waals surface area contributed by atoms with Crippen LogP contribution in [0.25, 0.3) is 0 Å². The highest BCUT2D eigenvalue weighted by Gasteiger charge is 2.57. The van der Waals surface area contributed by atoms with Crippen molar-refractivity contribution in [2.75, 3.05) is 32.1 Å². The third kappa shape index (κ3) is 3.59. The number of nitrogens with zero attached hydrogens (tertiary/aromatic N) is 4. The summed E-state index contributed by atoms with van der Waals surface area (Å²) in [6, 6.07) is 0.0689. The summed E-state index contributed by atoms with van der Waals surface area (Å²) in [5.74, 6) is 0.190. The number of esters is 1. The van der Waals surface area contributed by atoms with Gasteiger partial charge in [0.1, 0.15) is 11.4 Å². The standard InChI is InChI=1S/C18H26N4O4/c1-17(2,3)26-16(24)21(4)13-10-22(11-18(13)6-7-18)14-9-19-12(8-20-14)15(23)25-5/h8-9,13H,6-7,10-11H2,1-5H3/t13-/m1/s1. The van der Waals surface area contributed by atoms with Gasteiger partial charge in [0.2, 0.25) is 0 Å². The minimum absolute atomic E-state index is 0.0689. The van der Waals surface area contributed by atoms with Crippen LogP contribution < -0.4 is 4.90 Å². The van der Waals surface area contributed by atoms with Crippen molar-refractivity contribution in [2.24, 2.45) is 5.41 Å². The highest BCUT2D eigenvalue weighted by Crippen LogP contribution is 2.54. The Labute approximate surface area is 153 Å². The molecule has 1 aliphatic carbocycles. The van der Waals surface area contributed by atoms with Gasteiger partial charge < -0.3 is 19.3 Å². The molecule has 0 radical (unpaired) electrons. The van der Waals surface area contributed by atoms with Crippen molar-refractivity contribution in [2.45, 2.75) is 45.3 Å². The summed E-state index contributed by atoms with van der Waals surface area (Å²) in [6.45, 7) is 7.08. The van der Waals surface area contributed by atoms with Gasteiger partial charge in [0.15, 0.2) is 5.69 Å². The molecule has 1 spiro atoms. The van der Waals surface area contributed by atoms with Crippen molar-refractivity contribution < 1.29 is 19.1 Å². The van der Waals surface area contributed by atoms with E-state index < -0.39 is 11.6 Å². The molecule has 26 heavy (non-hydrogen) atoms. The average Bonchev–Trinajstić information content (AvgIpc) is 3.25. The maximum absolute atomic E-state index is 12.5. The van der Waals surface area contributed by atoms with Crippen LogP contribution in [0.1, 0.15) is 44.1 Å². The highest BCUT2D eigenvalue weighted by molar-refractivity contribution is 5.86. The minimum Gasteiger partial charge on any atom is -0.464 e. The molecular weight excluding hydrogens is 336 g/mol. The largest absolute Gasteiger partial charge is 0.464 e. The van der Waals surface area contributed by atoms with Crippen LogP contribution in [-0.4, -0.2) is 65.8 Å². The van der Waals surface area contributed by atoms with Crippen LogP contribution in [0.5, 0.6) is 0 Å². The number of hydrogen-bond acceptors (Lipinski definition) is 7. The van der Waals surface area contributed by atoms with E-state index in [1.54, 1.807) is 18.1 Å². The molecule has 0 aromatic carbocycles. The Morgan fingerprint density at radius 2 is 1.96 bits per heavy atom. The van der Waals surface area contributed by atoms with Crippen LogP contribution in [-0.2, 0) is 9.47 Å². The lowest BCUT2D eigenvalue weighted by atomic mass is 10.00. The summed E-state index contributed by atoms with van der Waals surface area (Å²) in [7, 11) is 3.11. The number of anilines is 1. The molecule has 1 atom stereocenters. The topological polar surface area (TPSA) is 84.9 Å². The fourth-order valence-corrected chi connectivity index (χ4v) is 3.47. The number of aromatic nitrogens is 2. The van der Waals surface area contributed by atoms with Gasteiger partial charge >= 0.3 is 12.1 Å². The second-order valence-corrected chi connectivity index (χ2v) is 8.10. The van der Waals surface area contributed by atoms with Crippen LogP contribution in [0.2, 0.25) is 0 Å². The van der Waals surface area contributed by atoms with E-state index in [-0.39, 0.29) is 23.2 Å². The first-order valence-electron chi connectivity index (χ1n) is 8.76. The van der Waals surface area contributed by atoms with Crippen molar-refractivity contribution >= 4 is 17.9 Å². The van der Waals surface area contributed by atoms with E-state index >= 15 is 0 Å². The number of likely N-dealkylation sites (N-methyl/N-ethyl adjacent to an activating group) is 1. The Balaban J connectivity index is 1.72. The fourth-order valence-electron chi connectivity index (χ4n) is 3.47. The number of rotatable bonds is 3. The van der Waals surface area contributed by atoms with Gasteiger partial charge in [-0.2, -0.15) is 0 Å². The lowest BCUT2D eigenvalue weighted by molar-refractivity contribution is 0.0189. The Hall–Kier alpha value is -2.38. The average molecular weight is 362 g/mol. The zero-order chi connectivity index (χ0) is 19.1. The van der Waals surface area contributed by atoms with E-state index in [0.717, 1.165) is 19.4 Å². The number of amides is 1. The summed E-state index contributed by atoms with van der Waals surface area (Å²) < 4.78 is 10.2. The summed E-state index contributed by atoms with van der Waals surface area (Å²) >= 11 is 0.